The van der Waals surface area contributed by atoms with Crippen LogP contribution in [0.2, 0.25) is 0 Å². The van der Waals surface area contributed by atoms with Crippen molar-refractivity contribution in [3.63, 3.8) is 0 Å². The van der Waals surface area contributed by atoms with Crippen molar-refractivity contribution in [2.24, 2.45) is 0 Å². The minimum atomic E-state index is 0.0869. The number of rotatable bonds is 5. The van der Waals surface area contributed by atoms with E-state index in [1.807, 2.05) is 0 Å². The first-order chi connectivity index (χ1) is 28.8. The van der Waals surface area contributed by atoms with E-state index in [1.165, 1.54) is 93.9 Å². The van der Waals surface area contributed by atoms with Crippen molar-refractivity contribution in [3.05, 3.63) is 223 Å². The third kappa shape index (κ3) is 4.33. The van der Waals surface area contributed by atoms with E-state index in [2.05, 4.69) is 220 Å². The molecule has 3 heteroatoms. The van der Waals surface area contributed by atoms with Crippen molar-refractivity contribution in [2.75, 3.05) is 4.90 Å². The molecule has 58 heavy (non-hydrogen) atoms. The second-order valence-corrected chi connectivity index (χ2v) is 15.7. The first-order valence-corrected chi connectivity index (χ1v) is 20.1. The molecule has 270 valence electrons. The highest BCUT2D eigenvalue weighted by Crippen LogP contribution is 2.55. The molecule has 0 spiro atoms. The predicted octanol–water partition coefficient (Wildman–Crippen LogP) is 14.5. The van der Waals surface area contributed by atoms with Gasteiger partial charge in [-0.25, -0.2) is 0 Å². The highest BCUT2D eigenvalue weighted by molar-refractivity contribution is 6.15. The number of para-hydroxylation sites is 4. The fourth-order valence-electron chi connectivity index (χ4n) is 10.3. The van der Waals surface area contributed by atoms with Crippen molar-refractivity contribution in [2.45, 2.75) is 5.92 Å². The summed E-state index contributed by atoms with van der Waals surface area (Å²) < 4.78 is 5.12. The fourth-order valence-corrected chi connectivity index (χ4v) is 10.3. The SMILES string of the molecule is c1ccc(-c2ccc(N(c3ccc(-c4ccccc4)cc3)c3cc4c5c(c3)-n3c6ccccc6c6cccc(c63)C5c3cccc5c6ccccc6n-4c35)cc2)cc1. The maximum absolute atomic E-state index is 2.56. The molecule has 0 bridgehead atoms. The second-order valence-electron chi connectivity index (χ2n) is 15.7. The summed E-state index contributed by atoms with van der Waals surface area (Å²) in [7, 11) is 0. The first kappa shape index (κ1) is 31.6. The molecule has 0 aliphatic carbocycles. The molecule has 2 aromatic heterocycles. The zero-order valence-corrected chi connectivity index (χ0v) is 31.5. The molecule has 2 aliphatic rings. The topological polar surface area (TPSA) is 13.1 Å². The Hall–Kier alpha value is -7.62. The molecule has 0 amide bonds. The van der Waals surface area contributed by atoms with Crippen LogP contribution in [0.25, 0.3) is 77.2 Å². The van der Waals surface area contributed by atoms with E-state index in [0.29, 0.717) is 0 Å². The maximum Gasteiger partial charge on any atom is 0.0582 e. The molecular formula is C55H35N3. The first-order valence-electron chi connectivity index (χ1n) is 20.1. The molecule has 3 nitrogen and oxygen atoms in total. The van der Waals surface area contributed by atoms with Gasteiger partial charge >= 0.3 is 0 Å². The molecule has 9 aromatic carbocycles. The molecule has 0 N–H and O–H groups in total. The zero-order chi connectivity index (χ0) is 37.9. The van der Waals surface area contributed by atoms with Crippen LogP contribution in [-0.4, -0.2) is 9.13 Å². The number of fused-ring (bicyclic) bond motifs is 10. The molecule has 0 unspecified atom stereocenters. The smallest absolute Gasteiger partial charge is 0.0582 e. The van der Waals surface area contributed by atoms with Crippen molar-refractivity contribution < 1.29 is 0 Å². The van der Waals surface area contributed by atoms with Crippen molar-refractivity contribution in [1.82, 2.24) is 9.13 Å². The van der Waals surface area contributed by atoms with Gasteiger partial charge in [0.15, 0.2) is 0 Å². The Morgan fingerprint density at radius 1 is 0.328 bits per heavy atom. The van der Waals surface area contributed by atoms with Gasteiger partial charge in [0.1, 0.15) is 0 Å². The third-order valence-corrected chi connectivity index (χ3v) is 12.7. The summed E-state index contributed by atoms with van der Waals surface area (Å²) >= 11 is 0. The van der Waals surface area contributed by atoms with Crippen LogP contribution in [0.4, 0.5) is 17.1 Å². The molecule has 0 atom stereocenters. The maximum atomic E-state index is 2.56. The Kier molecular flexibility index (Phi) is 6.50. The van der Waals surface area contributed by atoms with Gasteiger partial charge in [-0.15, -0.1) is 0 Å². The monoisotopic (exact) mass is 737 g/mol. The number of hydrogen-bond donors (Lipinski definition) is 0. The summed E-state index contributed by atoms with van der Waals surface area (Å²) in [6.07, 6.45) is 0. The summed E-state index contributed by atoms with van der Waals surface area (Å²) in [4.78, 5) is 2.45. The average Bonchev–Trinajstić information content (AvgIpc) is 3.82. The number of benzene rings is 9. The minimum absolute atomic E-state index is 0.0869. The van der Waals surface area contributed by atoms with Gasteiger partial charge in [-0.1, -0.05) is 158 Å². The molecule has 0 radical (unpaired) electrons. The van der Waals surface area contributed by atoms with Gasteiger partial charge in [-0.05, 0) is 81.9 Å². The van der Waals surface area contributed by atoms with Gasteiger partial charge in [0.05, 0.1) is 39.1 Å². The minimum Gasteiger partial charge on any atom is -0.310 e. The van der Waals surface area contributed by atoms with Gasteiger partial charge in [-0.3, -0.25) is 0 Å². The molecule has 0 saturated carbocycles. The molecule has 4 heterocycles. The average molecular weight is 738 g/mol. The van der Waals surface area contributed by atoms with Crippen LogP contribution in [0.1, 0.15) is 22.6 Å². The number of anilines is 3. The summed E-state index contributed by atoms with van der Waals surface area (Å²) in [5.74, 6) is 0.0869. The van der Waals surface area contributed by atoms with Crippen molar-refractivity contribution >= 4 is 60.7 Å². The summed E-state index contributed by atoms with van der Waals surface area (Å²) in [6.45, 7) is 0. The van der Waals surface area contributed by atoms with E-state index in [4.69, 9.17) is 0 Å². The van der Waals surface area contributed by atoms with Crippen LogP contribution in [0.3, 0.4) is 0 Å². The summed E-state index contributed by atoms with van der Waals surface area (Å²) in [5, 5.41) is 5.17. The summed E-state index contributed by atoms with van der Waals surface area (Å²) in [5.41, 5.74) is 19.7. The van der Waals surface area contributed by atoms with Gasteiger partial charge in [0, 0.05) is 44.4 Å². The lowest BCUT2D eigenvalue weighted by atomic mass is 9.78. The Labute approximate surface area is 335 Å². The number of hydrogen-bond acceptors (Lipinski definition) is 1. The highest BCUT2D eigenvalue weighted by atomic mass is 15.2. The van der Waals surface area contributed by atoms with Gasteiger partial charge in [0.25, 0.3) is 0 Å². The molecular weight excluding hydrogens is 703 g/mol. The van der Waals surface area contributed by atoms with E-state index in [9.17, 15) is 0 Å². The predicted molar refractivity (Wildman–Crippen MR) is 242 cm³/mol. The van der Waals surface area contributed by atoms with Crippen LogP contribution in [-0.2, 0) is 0 Å². The van der Waals surface area contributed by atoms with Crippen LogP contribution >= 0.6 is 0 Å². The number of nitrogens with zero attached hydrogens (tertiary/aromatic N) is 3. The molecule has 13 rings (SSSR count). The Balaban J connectivity index is 1.13. The largest absolute Gasteiger partial charge is 0.310 e. The Bertz CT molecular complexity index is 3200. The zero-order valence-electron chi connectivity index (χ0n) is 31.5. The Morgan fingerprint density at radius 3 is 1.19 bits per heavy atom. The van der Waals surface area contributed by atoms with Crippen LogP contribution in [0.15, 0.2) is 206 Å². The van der Waals surface area contributed by atoms with Gasteiger partial charge in [-0.2, -0.15) is 0 Å². The lowest BCUT2D eigenvalue weighted by Gasteiger charge is -2.37. The molecule has 0 saturated heterocycles. The normalized spacial score (nSPS) is 12.8. The standard InChI is InChI=1S/C55H35N3/c1-3-13-35(14-4-1)37-25-29-39(30-26-37)56(40-31-27-38(28-32-40)36-15-5-2-6-16-36)41-33-50-53-51(34-41)58-49-24-10-8-18-43(49)45-20-12-22-47(55(45)58)52(53)46-21-11-19-44-42-17-7-9-23-48(42)57(50)54(44)46/h1-34,52H. The van der Waals surface area contributed by atoms with E-state index in [-0.39, 0.29) is 5.92 Å². The number of aromatic nitrogens is 2. The molecule has 2 aliphatic heterocycles. The van der Waals surface area contributed by atoms with E-state index < -0.39 is 0 Å². The van der Waals surface area contributed by atoms with E-state index in [0.717, 1.165) is 17.1 Å². The lowest BCUT2D eigenvalue weighted by Crippen LogP contribution is -2.23. The summed E-state index contributed by atoms with van der Waals surface area (Å²) in [6, 6.07) is 76.1. The second kappa shape index (κ2) is 11.9. The van der Waals surface area contributed by atoms with Crippen molar-refractivity contribution in [1.29, 1.82) is 0 Å². The van der Waals surface area contributed by atoms with Crippen LogP contribution < -0.4 is 4.90 Å². The lowest BCUT2D eigenvalue weighted by molar-refractivity contribution is 0.884. The highest BCUT2D eigenvalue weighted by Gasteiger charge is 2.39. The quantitative estimate of drug-likeness (QED) is 0.171. The molecule has 0 fully saturated rings. The van der Waals surface area contributed by atoms with Crippen molar-refractivity contribution in [3.8, 4) is 33.6 Å². The third-order valence-electron chi connectivity index (χ3n) is 12.7. The van der Waals surface area contributed by atoms with Crippen LogP contribution in [0.5, 0.6) is 0 Å². The van der Waals surface area contributed by atoms with E-state index >= 15 is 0 Å². The van der Waals surface area contributed by atoms with Gasteiger partial charge in [0.2, 0.25) is 0 Å². The van der Waals surface area contributed by atoms with Gasteiger partial charge < -0.3 is 14.0 Å². The Morgan fingerprint density at radius 2 is 0.724 bits per heavy atom. The van der Waals surface area contributed by atoms with E-state index in [1.54, 1.807) is 0 Å². The van der Waals surface area contributed by atoms with Crippen LogP contribution in [0, 0.1) is 0 Å². The fraction of sp³-hybridized carbons (Fsp3) is 0.0182. The molecule has 11 aromatic rings.